The van der Waals surface area contributed by atoms with Crippen LogP contribution in [-0.4, -0.2) is 42.9 Å². The first kappa shape index (κ1) is 20.5. The third-order valence-electron chi connectivity index (χ3n) is 5.39. The molecule has 1 N–H and O–H groups in total. The molecule has 146 valence electrons. The summed E-state index contributed by atoms with van der Waals surface area (Å²) >= 11 is 3.52. The number of morpholine rings is 1. The van der Waals surface area contributed by atoms with E-state index in [4.69, 9.17) is 4.74 Å². The van der Waals surface area contributed by atoms with Gasteiger partial charge < -0.3 is 9.84 Å². The Kier molecular flexibility index (Phi) is 7.10. The van der Waals surface area contributed by atoms with Gasteiger partial charge in [-0.15, -0.1) is 0 Å². The first-order chi connectivity index (χ1) is 13.0. The lowest BCUT2D eigenvalue weighted by Crippen LogP contribution is -2.45. The van der Waals surface area contributed by atoms with E-state index in [2.05, 4.69) is 71.1 Å². The number of ether oxygens (including phenoxy) is 1. The van der Waals surface area contributed by atoms with Gasteiger partial charge in [0.15, 0.2) is 0 Å². The van der Waals surface area contributed by atoms with Crippen molar-refractivity contribution in [3.05, 3.63) is 70.2 Å². The fourth-order valence-corrected chi connectivity index (χ4v) is 4.35. The van der Waals surface area contributed by atoms with Crippen LogP contribution in [0.3, 0.4) is 0 Å². The van der Waals surface area contributed by atoms with Gasteiger partial charge >= 0.3 is 0 Å². The van der Waals surface area contributed by atoms with Gasteiger partial charge in [-0.05, 0) is 35.6 Å². The molecule has 4 heteroatoms. The number of rotatable bonds is 7. The second kappa shape index (κ2) is 9.33. The van der Waals surface area contributed by atoms with Crippen molar-refractivity contribution in [1.82, 2.24) is 4.90 Å². The summed E-state index contributed by atoms with van der Waals surface area (Å²) in [5.74, 6) is 0.384. The van der Waals surface area contributed by atoms with Gasteiger partial charge in [0.1, 0.15) is 0 Å². The highest BCUT2D eigenvalue weighted by Gasteiger charge is 2.40. The van der Waals surface area contributed by atoms with Crippen LogP contribution in [0.2, 0.25) is 0 Å². The van der Waals surface area contributed by atoms with E-state index in [-0.39, 0.29) is 5.92 Å². The zero-order valence-electron chi connectivity index (χ0n) is 16.3. The third kappa shape index (κ3) is 5.20. The Morgan fingerprint density at radius 2 is 1.67 bits per heavy atom. The summed E-state index contributed by atoms with van der Waals surface area (Å²) < 4.78 is 6.56. The average molecular weight is 432 g/mol. The van der Waals surface area contributed by atoms with Crippen molar-refractivity contribution >= 4 is 15.9 Å². The van der Waals surface area contributed by atoms with E-state index in [0.29, 0.717) is 5.92 Å². The van der Waals surface area contributed by atoms with E-state index in [1.165, 1.54) is 5.56 Å². The quantitative estimate of drug-likeness (QED) is 0.683. The van der Waals surface area contributed by atoms with Gasteiger partial charge in [-0.1, -0.05) is 72.2 Å². The molecule has 1 saturated heterocycles. The number of hydrogen-bond donors (Lipinski definition) is 1. The number of hydrogen-bond acceptors (Lipinski definition) is 3. The van der Waals surface area contributed by atoms with Crippen LogP contribution in [0.1, 0.15) is 37.3 Å². The van der Waals surface area contributed by atoms with Gasteiger partial charge in [-0.3, -0.25) is 4.90 Å². The summed E-state index contributed by atoms with van der Waals surface area (Å²) in [7, 11) is 0. The monoisotopic (exact) mass is 431 g/mol. The molecule has 1 fully saturated rings. The molecule has 2 unspecified atom stereocenters. The molecule has 2 aromatic carbocycles. The van der Waals surface area contributed by atoms with Gasteiger partial charge in [-0.2, -0.15) is 0 Å². The lowest BCUT2D eigenvalue weighted by atomic mass is 9.72. The SMILES string of the molecule is CC(C)CC(O)(c1ccc(Br)cc1)C(CN1CCOCC1)c1ccccc1. The zero-order valence-corrected chi connectivity index (χ0v) is 17.9. The topological polar surface area (TPSA) is 32.7 Å². The van der Waals surface area contributed by atoms with Crippen molar-refractivity contribution in [2.45, 2.75) is 31.8 Å². The fourth-order valence-electron chi connectivity index (χ4n) is 4.08. The van der Waals surface area contributed by atoms with Crippen molar-refractivity contribution in [3.63, 3.8) is 0 Å². The summed E-state index contributed by atoms with van der Waals surface area (Å²) in [5, 5.41) is 12.1. The Labute approximate surface area is 171 Å². The van der Waals surface area contributed by atoms with Crippen molar-refractivity contribution in [2.24, 2.45) is 5.92 Å². The minimum atomic E-state index is -0.922. The van der Waals surface area contributed by atoms with Crippen molar-refractivity contribution in [2.75, 3.05) is 32.8 Å². The van der Waals surface area contributed by atoms with Crippen LogP contribution in [0.4, 0.5) is 0 Å². The normalized spacial score (nSPS) is 19.0. The Morgan fingerprint density at radius 1 is 1.04 bits per heavy atom. The van der Waals surface area contributed by atoms with Gasteiger partial charge in [0, 0.05) is 30.0 Å². The van der Waals surface area contributed by atoms with E-state index in [1.54, 1.807) is 0 Å². The number of benzene rings is 2. The van der Waals surface area contributed by atoms with Crippen LogP contribution in [0.25, 0.3) is 0 Å². The van der Waals surface area contributed by atoms with Crippen molar-refractivity contribution in [1.29, 1.82) is 0 Å². The number of halogens is 1. The summed E-state index contributed by atoms with van der Waals surface area (Å²) in [5.41, 5.74) is 1.26. The second-order valence-electron chi connectivity index (χ2n) is 7.91. The van der Waals surface area contributed by atoms with Crippen LogP contribution in [0, 0.1) is 5.92 Å². The summed E-state index contributed by atoms with van der Waals surface area (Å²) in [6, 6.07) is 18.6. The molecule has 1 aliphatic rings. The van der Waals surface area contributed by atoms with E-state index < -0.39 is 5.60 Å². The third-order valence-corrected chi connectivity index (χ3v) is 5.92. The van der Waals surface area contributed by atoms with Crippen LogP contribution in [-0.2, 0) is 10.3 Å². The highest BCUT2D eigenvalue weighted by Crippen LogP contribution is 2.42. The summed E-state index contributed by atoms with van der Waals surface area (Å²) in [4.78, 5) is 2.42. The Morgan fingerprint density at radius 3 is 2.26 bits per heavy atom. The summed E-state index contributed by atoms with van der Waals surface area (Å²) in [6.45, 7) is 8.56. The second-order valence-corrected chi connectivity index (χ2v) is 8.82. The predicted octanol–water partition coefficient (Wildman–Crippen LogP) is 4.80. The minimum absolute atomic E-state index is 0.000348. The molecule has 0 bridgehead atoms. The first-order valence-corrected chi connectivity index (χ1v) is 10.6. The van der Waals surface area contributed by atoms with Gasteiger partial charge in [-0.25, -0.2) is 0 Å². The number of aliphatic hydroxyl groups is 1. The predicted molar refractivity (Wildman–Crippen MR) is 114 cm³/mol. The summed E-state index contributed by atoms with van der Waals surface area (Å²) in [6.07, 6.45) is 0.721. The molecule has 0 amide bonds. The van der Waals surface area contributed by atoms with Crippen LogP contribution < -0.4 is 0 Å². The highest BCUT2D eigenvalue weighted by atomic mass is 79.9. The Hall–Kier alpha value is -1.20. The average Bonchev–Trinajstić information content (AvgIpc) is 2.67. The molecule has 2 aromatic rings. The van der Waals surface area contributed by atoms with Crippen LogP contribution in [0.15, 0.2) is 59.1 Å². The van der Waals surface area contributed by atoms with Gasteiger partial charge in [0.05, 0.1) is 18.8 Å². The smallest absolute Gasteiger partial charge is 0.0979 e. The molecule has 0 saturated carbocycles. The zero-order chi connectivity index (χ0) is 19.3. The van der Waals surface area contributed by atoms with Crippen LogP contribution in [0.5, 0.6) is 0 Å². The lowest BCUT2D eigenvalue weighted by Gasteiger charge is -2.41. The Balaban J connectivity index is 2.01. The molecule has 1 aliphatic heterocycles. The van der Waals surface area contributed by atoms with Crippen LogP contribution >= 0.6 is 15.9 Å². The van der Waals surface area contributed by atoms with E-state index in [1.807, 2.05) is 18.2 Å². The van der Waals surface area contributed by atoms with Gasteiger partial charge in [0.2, 0.25) is 0 Å². The van der Waals surface area contributed by atoms with Crippen molar-refractivity contribution < 1.29 is 9.84 Å². The standard InChI is InChI=1S/C23H30BrNO2/c1-18(2)16-23(26,20-8-10-21(24)11-9-20)22(19-6-4-3-5-7-19)17-25-12-14-27-15-13-25/h3-11,18,22,26H,12-17H2,1-2H3. The van der Waals surface area contributed by atoms with E-state index in [0.717, 1.165) is 49.3 Å². The molecule has 27 heavy (non-hydrogen) atoms. The molecular weight excluding hydrogens is 402 g/mol. The first-order valence-electron chi connectivity index (χ1n) is 9.82. The molecule has 0 spiro atoms. The molecule has 2 atom stereocenters. The van der Waals surface area contributed by atoms with Gasteiger partial charge in [0.25, 0.3) is 0 Å². The maximum absolute atomic E-state index is 12.1. The molecule has 3 rings (SSSR count). The molecule has 0 aliphatic carbocycles. The van der Waals surface area contributed by atoms with Crippen molar-refractivity contribution in [3.8, 4) is 0 Å². The Bertz CT molecular complexity index is 698. The molecule has 0 radical (unpaired) electrons. The van der Waals surface area contributed by atoms with E-state index >= 15 is 0 Å². The highest BCUT2D eigenvalue weighted by molar-refractivity contribution is 9.10. The molecular formula is C23H30BrNO2. The molecule has 1 heterocycles. The minimum Gasteiger partial charge on any atom is -0.384 e. The lowest BCUT2D eigenvalue weighted by molar-refractivity contribution is -0.0356. The maximum Gasteiger partial charge on any atom is 0.0979 e. The fraction of sp³-hybridized carbons (Fsp3) is 0.478. The molecule has 0 aromatic heterocycles. The van der Waals surface area contributed by atoms with E-state index in [9.17, 15) is 5.11 Å². The largest absolute Gasteiger partial charge is 0.384 e. The number of nitrogens with zero attached hydrogens (tertiary/aromatic N) is 1. The molecule has 3 nitrogen and oxygen atoms in total. The maximum atomic E-state index is 12.1.